The van der Waals surface area contributed by atoms with E-state index in [1.54, 1.807) is 25.1 Å². The molecule has 7 heteroatoms. The number of carbonyl (C=O) groups excluding carboxylic acids is 2. The van der Waals surface area contributed by atoms with Gasteiger partial charge in [-0.2, -0.15) is 0 Å². The Morgan fingerprint density at radius 3 is 2.64 bits per heavy atom. The maximum atomic E-state index is 11.9. The minimum atomic E-state index is -0.212. The number of benzene rings is 1. The standard InChI is InChI=1S/C15H20Cl2N2O3/c1-3-22-15(21)5-4-8-19(2)10-14(20)18-11-6-7-12(16)13(17)9-11/h6-7,9H,3-5,8,10H2,1-2H3,(H,18,20). The molecule has 0 fully saturated rings. The minimum absolute atomic E-state index is 0.156. The van der Waals surface area contributed by atoms with Gasteiger partial charge in [0.2, 0.25) is 5.91 Å². The molecule has 0 spiro atoms. The number of hydrogen-bond acceptors (Lipinski definition) is 4. The minimum Gasteiger partial charge on any atom is -0.466 e. The molecule has 0 aliphatic rings. The molecule has 0 aliphatic heterocycles. The van der Waals surface area contributed by atoms with Crippen LogP contribution in [0.2, 0.25) is 10.0 Å². The molecule has 1 aromatic rings. The molecule has 0 bridgehead atoms. The number of anilines is 1. The number of nitrogens with one attached hydrogen (secondary N) is 1. The Labute approximate surface area is 140 Å². The molecule has 1 amide bonds. The summed E-state index contributed by atoms with van der Waals surface area (Å²) in [5.74, 6) is -0.367. The van der Waals surface area contributed by atoms with Crippen LogP contribution >= 0.6 is 23.2 Å². The van der Waals surface area contributed by atoms with Gasteiger partial charge in [-0.1, -0.05) is 23.2 Å². The Balaban J connectivity index is 2.31. The first-order valence-electron chi connectivity index (χ1n) is 7.01. The van der Waals surface area contributed by atoms with Crippen LogP contribution in [0, 0.1) is 0 Å². The number of carbonyl (C=O) groups is 2. The maximum Gasteiger partial charge on any atom is 0.305 e. The third-order valence-electron chi connectivity index (χ3n) is 2.84. The van der Waals surface area contributed by atoms with Crippen LogP contribution < -0.4 is 5.32 Å². The number of likely N-dealkylation sites (N-methyl/N-ethyl adjacent to an activating group) is 1. The first-order chi connectivity index (χ1) is 10.4. The van der Waals surface area contributed by atoms with Crippen LogP contribution in [0.15, 0.2) is 18.2 Å². The third kappa shape index (κ3) is 7.11. The fourth-order valence-corrected chi connectivity index (χ4v) is 2.12. The van der Waals surface area contributed by atoms with Gasteiger partial charge in [-0.05, 0) is 45.1 Å². The van der Waals surface area contributed by atoms with E-state index in [9.17, 15) is 9.59 Å². The quantitative estimate of drug-likeness (QED) is 0.734. The molecule has 1 N–H and O–H groups in total. The van der Waals surface area contributed by atoms with Crippen LogP contribution in [0.5, 0.6) is 0 Å². The second-order valence-corrected chi connectivity index (χ2v) is 5.64. The van der Waals surface area contributed by atoms with Gasteiger partial charge in [-0.15, -0.1) is 0 Å². The van der Waals surface area contributed by atoms with Crippen LogP contribution in [0.3, 0.4) is 0 Å². The van der Waals surface area contributed by atoms with Crippen molar-refractivity contribution in [1.29, 1.82) is 0 Å². The van der Waals surface area contributed by atoms with E-state index >= 15 is 0 Å². The van der Waals surface area contributed by atoms with Crippen LogP contribution in [0.1, 0.15) is 19.8 Å². The molecule has 0 radical (unpaired) electrons. The number of nitrogens with zero attached hydrogens (tertiary/aromatic N) is 1. The molecule has 122 valence electrons. The van der Waals surface area contributed by atoms with Crippen LogP contribution in [-0.4, -0.2) is 43.5 Å². The molecular formula is C15H20Cl2N2O3. The van der Waals surface area contributed by atoms with E-state index < -0.39 is 0 Å². The number of esters is 1. The fourth-order valence-electron chi connectivity index (χ4n) is 1.83. The zero-order valence-electron chi connectivity index (χ0n) is 12.7. The van der Waals surface area contributed by atoms with Gasteiger partial charge in [0, 0.05) is 12.1 Å². The Morgan fingerprint density at radius 1 is 1.27 bits per heavy atom. The first-order valence-corrected chi connectivity index (χ1v) is 7.77. The van der Waals surface area contributed by atoms with Crippen molar-refractivity contribution < 1.29 is 14.3 Å². The van der Waals surface area contributed by atoms with Gasteiger partial charge in [-0.25, -0.2) is 0 Å². The van der Waals surface area contributed by atoms with Gasteiger partial charge < -0.3 is 10.1 Å². The lowest BCUT2D eigenvalue weighted by Crippen LogP contribution is -2.31. The zero-order valence-corrected chi connectivity index (χ0v) is 14.2. The molecule has 0 saturated heterocycles. The second kappa shape index (κ2) is 9.66. The Hall–Kier alpha value is -1.30. The highest BCUT2D eigenvalue weighted by Gasteiger charge is 2.09. The highest BCUT2D eigenvalue weighted by molar-refractivity contribution is 6.42. The third-order valence-corrected chi connectivity index (χ3v) is 3.58. The van der Waals surface area contributed by atoms with Crippen molar-refractivity contribution >= 4 is 40.8 Å². The summed E-state index contributed by atoms with van der Waals surface area (Å²) < 4.78 is 4.84. The number of halogens is 2. The SMILES string of the molecule is CCOC(=O)CCCN(C)CC(=O)Nc1ccc(Cl)c(Cl)c1. The summed E-state index contributed by atoms with van der Waals surface area (Å²) in [6.45, 7) is 3.02. The molecule has 0 unspecified atom stereocenters. The summed E-state index contributed by atoms with van der Waals surface area (Å²) in [5, 5.41) is 3.58. The molecule has 0 saturated carbocycles. The van der Waals surface area contributed by atoms with Gasteiger partial charge in [0.1, 0.15) is 0 Å². The highest BCUT2D eigenvalue weighted by atomic mass is 35.5. The van der Waals surface area contributed by atoms with Gasteiger partial charge in [0.15, 0.2) is 0 Å². The summed E-state index contributed by atoms with van der Waals surface area (Å²) in [6.07, 6.45) is 1.00. The Bertz CT molecular complexity index is 524. The molecule has 0 aromatic heterocycles. The maximum absolute atomic E-state index is 11.9. The second-order valence-electron chi connectivity index (χ2n) is 4.82. The largest absolute Gasteiger partial charge is 0.466 e. The van der Waals surface area contributed by atoms with Crippen molar-refractivity contribution in [2.24, 2.45) is 0 Å². The smallest absolute Gasteiger partial charge is 0.305 e. The van der Waals surface area contributed by atoms with E-state index in [0.29, 0.717) is 41.7 Å². The Kier molecular flexibility index (Phi) is 8.24. The summed E-state index contributed by atoms with van der Waals surface area (Å²) >= 11 is 11.7. The molecule has 0 aliphatic carbocycles. The first kappa shape index (κ1) is 18.7. The average molecular weight is 347 g/mol. The van der Waals surface area contributed by atoms with Gasteiger partial charge >= 0.3 is 5.97 Å². The van der Waals surface area contributed by atoms with E-state index in [0.717, 1.165) is 0 Å². The monoisotopic (exact) mass is 346 g/mol. The average Bonchev–Trinajstić information content (AvgIpc) is 2.43. The fraction of sp³-hybridized carbons (Fsp3) is 0.467. The lowest BCUT2D eigenvalue weighted by molar-refractivity contribution is -0.143. The van der Waals surface area contributed by atoms with Crippen molar-refractivity contribution in [3.8, 4) is 0 Å². The van der Waals surface area contributed by atoms with Crippen LogP contribution in [-0.2, 0) is 14.3 Å². The van der Waals surface area contributed by atoms with Crippen molar-refractivity contribution in [2.75, 3.05) is 32.1 Å². The number of hydrogen-bond donors (Lipinski definition) is 1. The molecule has 1 rings (SSSR count). The van der Waals surface area contributed by atoms with E-state index in [-0.39, 0.29) is 18.4 Å². The van der Waals surface area contributed by atoms with E-state index in [1.807, 2.05) is 11.9 Å². The van der Waals surface area contributed by atoms with E-state index in [4.69, 9.17) is 27.9 Å². The Morgan fingerprint density at radius 2 is 2.00 bits per heavy atom. The van der Waals surface area contributed by atoms with Crippen LogP contribution in [0.4, 0.5) is 5.69 Å². The van der Waals surface area contributed by atoms with Gasteiger partial charge in [0.25, 0.3) is 0 Å². The van der Waals surface area contributed by atoms with E-state index in [1.165, 1.54) is 0 Å². The topological polar surface area (TPSA) is 58.6 Å². The highest BCUT2D eigenvalue weighted by Crippen LogP contribution is 2.24. The number of rotatable bonds is 8. The van der Waals surface area contributed by atoms with Crippen molar-refractivity contribution in [3.05, 3.63) is 28.2 Å². The van der Waals surface area contributed by atoms with Gasteiger partial charge in [0.05, 0.1) is 23.2 Å². The molecule has 0 heterocycles. The summed E-state index contributed by atoms with van der Waals surface area (Å²) in [6, 6.07) is 4.91. The lowest BCUT2D eigenvalue weighted by atomic mass is 10.3. The van der Waals surface area contributed by atoms with Gasteiger partial charge in [-0.3, -0.25) is 14.5 Å². The molecule has 22 heavy (non-hydrogen) atoms. The van der Waals surface area contributed by atoms with Crippen molar-refractivity contribution in [1.82, 2.24) is 4.90 Å². The zero-order chi connectivity index (χ0) is 16.5. The van der Waals surface area contributed by atoms with Crippen molar-refractivity contribution in [3.63, 3.8) is 0 Å². The molecule has 1 aromatic carbocycles. The lowest BCUT2D eigenvalue weighted by Gasteiger charge is -2.16. The van der Waals surface area contributed by atoms with E-state index in [2.05, 4.69) is 5.32 Å². The predicted octanol–water partition coefficient (Wildman–Crippen LogP) is 3.21. The number of amides is 1. The number of ether oxygens (including phenoxy) is 1. The summed E-state index contributed by atoms with van der Waals surface area (Å²) in [7, 11) is 1.82. The predicted molar refractivity (Wildman–Crippen MR) is 88.5 cm³/mol. The normalized spacial score (nSPS) is 10.6. The molecule has 5 nitrogen and oxygen atoms in total. The molecular weight excluding hydrogens is 327 g/mol. The summed E-state index contributed by atoms with van der Waals surface area (Å²) in [5.41, 5.74) is 0.597. The summed E-state index contributed by atoms with van der Waals surface area (Å²) in [4.78, 5) is 24.9. The van der Waals surface area contributed by atoms with Crippen LogP contribution in [0.25, 0.3) is 0 Å². The molecule has 0 atom stereocenters. The van der Waals surface area contributed by atoms with Crippen molar-refractivity contribution in [2.45, 2.75) is 19.8 Å².